The van der Waals surface area contributed by atoms with Crippen LogP contribution in [0.3, 0.4) is 0 Å². The molecular formula is C16H22FNO. The van der Waals surface area contributed by atoms with E-state index in [4.69, 9.17) is 0 Å². The number of phenols is 1. The molecule has 2 atom stereocenters. The highest BCUT2D eigenvalue weighted by Gasteiger charge is 2.32. The first-order valence-electron chi connectivity index (χ1n) is 7.45. The first-order valence-corrected chi connectivity index (χ1v) is 7.45. The predicted octanol–water partition coefficient (Wildman–Crippen LogP) is 3.69. The van der Waals surface area contributed by atoms with Crippen LogP contribution in [0.25, 0.3) is 0 Å². The predicted molar refractivity (Wildman–Crippen MR) is 73.5 cm³/mol. The van der Waals surface area contributed by atoms with Crippen LogP contribution in [0.2, 0.25) is 0 Å². The Morgan fingerprint density at radius 2 is 1.89 bits per heavy atom. The molecule has 1 aliphatic carbocycles. The summed E-state index contributed by atoms with van der Waals surface area (Å²) < 4.78 is 13.3. The maximum absolute atomic E-state index is 13.3. The summed E-state index contributed by atoms with van der Waals surface area (Å²) in [6.07, 6.45) is 7.95. The van der Waals surface area contributed by atoms with E-state index in [0.717, 1.165) is 24.6 Å². The molecule has 104 valence electrons. The van der Waals surface area contributed by atoms with Gasteiger partial charge in [0.25, 0.3) is 0 Å². The fraction of sp³-hybridized carbons (Fsp3) is 0.625. The number of halogens is 1. The van der Waals surface area contributed by atoms with Crippen molar-refractivity contribution in [3.8, 4) is 5.75 Å². The van der Waals surface area contributed by atoms with Gasteiger partial charge in [-0.05, 0) is 55.8 Å². The Morgan fingerprint density at radius 1 is 1.11 bits per heavy atom. The minimum absolute atomic E-state index is 0.0344. The Morgan fingerprint density at radius 3 is 2.74 bits per heavy atom. The Kier molecular flexibility index (Phi) is 3.74. The van der Waals surface area contributed by atoms with Gasteiger partial charge in [-0.15, -0.1) is 0 Å². The number of aromatic hydroxyl groups is 1. The number of hydrogen-bond donors (Lipinski definition) is 1. The zero-order valence-electron chi connectivity index (χ0n) is 11.3. The fourth-order valence-electron chi connectivity index (χ4n) is 3.88. The topological polar surface area (TPSA) is 23.5 Å². The Hall–Kier alpha value is -1.09. The van der Waals surface area contributed by atoms with Gasteiger partial charge in [0.05, 0.1) is 0 Å². The smallest absolute Gasteiger partial charge is 0.127 e. The molecule has 3 rings (SSSR count). The standard InChI is InChI=1S/C16H22FNO/c17-14-8-12(9-15(19)10-14)11-18-7-3-5-13-4-1-2-6-16(13)18/h8-10,13,16,19H,1-7,11H2. The van der Waals surface area contributed by atoms with Gasteiger partial charge >= 0.3 is 0 Å². The second-order valence-electron chi connectivity index (χ2n) is 6.04. The van der Waals surface area contributed by atoms with Gasteiger partial charge in [-0.25, -0.2) is 4.39 Å². The van der Waals surface area contributed by atoms with E-state index in [1.807, 2.05) is 0 Å². The van der Waals surface area contributed by atoms with Crippen LogP contribution < -0.4 is 0 Å². The monoisotopic (exact) mass is 263 g/mol. The summed E-state index contributed by atoms with van der Waals surface area (Å²) in [4.78, 5) is 2.50. The van der Waals surface area contributed by atoms with E-state index in [0.29, 0.717) is 6.04 Å². The number of rotatable bonds is 2. The summed E-state index contributed by atoms with van der Waals surface area (Å²) in [5, 5.41) is 9.50. The number of fused-ring (bicyclic) bond motifs is 1. The van der Waals surface area contributed by atoms with E-state index in [1.54, 1.807) is 12.1 Å². The molecule has 19 heavy (non-hydrogen) atoms. The number of piperidine rings is 1. The third-order valence-electron chi connectivity index (χ3n) is 4.69. The summed E-state index contributed by atoms with van der Waals surface area (Å²) in [5.41, 5.74) is 0.892. The van der Waals surface area contributed by atoms with Crippen LogP contribution in [0, 0.1) is 11.7 Å². The summed E-state index contributed by atoms with van der Waals surface area (Å²) in [5.74, 6) is 0.532. The van der Waals surface area contributed by atoms with E-state index in [2.05, 4.69) is 4.90 Å². The largest absolute Gasteiger partial charge is 0.508 e. The van der Waals surface area contributed by atoms with Crippen LogP contribution in [0.4, 0.5) is 4.39 Å². The maximum atomic E-state index is 13.3. The van der Waals surface area contributed by atoms with Crippen LogP contribution >= 0.6 is 0 Å². The lowest BCUT2D eigenvalue weighted by atomic mass is 9.78. The molecule has 1 aliphatic heterocycles. The van der Waals surface area contributed by atoms with Gasteiger partial charge in [0.2, 0.25) is 0 Å². The minimum Gasteiger partial charge on any atom is -0.508 e. The highest BCUT2D eigenvalue weighted by Crippen LogP contribution is 2.36. The number of nitrogens with zero attached hydrogens (tertiary/aromatic N) is 1. The molecule has 1 saturated heterocycles. The highest BCUT2D eigenvalue weighted by molar-refractivity contribution is 5.28. The second-order valence-corrected chi connectivity index (χ2v) is 6.04. The quantitative estimate of drug-likeness (QED) is 0.879. The van der Waals surface area contributed by atoms with E-state index in [-0.39, 0.29) is 11.6 Å². The molecule has 1 saturated carbocycles. The van der Waals surface area contributed by atoms with Gasteiger partial charge in [0.15, 0.2) is 0 Å². The molecule has 3 heteroatoms. The number of hydrogen-bond acceptors (Lipinski definition) is 2. The Labute approximate surface area is 114 Å². The lowest BCUT2D eigenvalue weighted by Gasteiger charge is -2.44. The molecule has 1 N–H and O–H groups in total. The molecule has 0 spiro atoms. The van der Waals surface area contributed by atoms with Gasteiger partial charge in [0.1, 0.15) is 11.6 Å². The molecule has 2 unspecified atom stereocenters. The van der Waals surface area contributed by atoms with E-state index >= 15 is 0 Å². The number of benzene rings is 1. The van der Waals surface area contributed by atoms with Crippen molar-refractivity contribution >= 4 is 0 Å². The zero-order valence-corrected chi connectivity index (χ0v) is 11.3. The van der Waals surface area contributed by atoms with Crippen molar-refractivity contribution in [3.63, 3.8) is 0 Å². The lowest BCUT2D eigenvalue weighted by molar-refractivity contribution is 0.0546. The molecule has 0 amide bonds. The lowest BCUT2D eigenvalue weighted by Crippen LogP contribution is -2.46. The van der Waals surface area contributed by atoms with Crippen molar-refractivity contribution in [2.45, 2.75) is 51.1 Å². The van der Waals surface area contributed by atoms with E-state index < -0.39 is 0 Å². The first kappa shape index (κ1) is 12.9. The molecular weight excluding hydrogens is 241 g/mol. The van der Waals surface area contributed by atoms with Crippen molar-refractivity contribution in [1.29, 1.82) is 0 Å². The average Bonchev–Trinajstić information content (AvgIpc) is 2.38. The fourth-order valence-corrected chi connectivity index (χ4v) is 3.88. The van der Waals surface area contributed by atoms with Gasteiger partial charge in [-0.2, -0.15) is 0 Å². The van der Waals surface area contributed by atoms with Gasteiger partial charge in [-0.1, -0.05) is 12.8 Å². The third-order valence-corrected chi connectivity index (χ3v) is 4.69. The number of phenolic OH excluding ortho intramolecular Hbond substituents is 1. The molecule has 1 aromatic carbocycles. The van der Waals surface area contributed by atoms with Gasteiger partial charge < -0.3 is 5.11 Å². The molecule has 2 aliphatic rings. The van der Waals surface area contributed by atoms with Gasteiger partial charge in [0, 0.05) is 18.7 Å². The van der Waals surface area contributed by atoms with Crippen LogP contribution in [0.15, 0.2) is 18.2 Å². The Bertz CT molecular complexity index is 426. The molecule has 0 bridgehead atoms. The Balaban J connectivity index is 1.74. The third kappa shape index (κ3) is 2.92. The maximum Gasteiger partial charge on any atom is 0.127 e. The summed E-state index contributed by atoms with van der Waals surface area (Å²) in [7, 11) is 0. The SMILES string of the molecule is Oc1cc(F)cc(CN2CCCC3CCCCC32)c1. The molecule has 1 aromatic rings. The minimum atomic E-state index is -0.341. The van der Waals surface area contributed by atoms with Gasteiger partial charge in [-0.3, -0.25) is 4.90 Å². The summed E-state index contributed by atoms with van der Waals surface area (Å²) in [6, 6.07) is 5.08. The average molecular weight is 263 g/mol. The molecule has 0 aromatic heterocycles. The van der Waals surface area contributed by atoms with Crippen LogP contribution in [0.1, 0.15) is 44.1 Å². The normalized spacial score (nSPS) is 28.1. The van der Waals surface area contributed by atoms with Crippen molar-refractivity contribution in [1.82, 2.24) is 4.90 Å². The highest BCUT2D eigenvalue weighted by atomic mass is 19.1. The van der Waals surface area contributed by atoms with Crippen molar-refractivity contribution < 1.29 is 9.50 Å². The first-order chi connectivity index (χ1) is 9.22. The van der Waals surface area contributed by atoms with Crippen molar-refractivity contribution in [2.75, 3.05) is 6.54 Å². The van der Waals surface area contributed by atoms with Crippen LogP contribution in [0.5, 0.6) is 5.75 Å². The van der Waals surface area contributed by atoms with Crippen LogP contribution in [-0.4, -0.2) is 22.6 Å². The van der Waals surface area contributed by atoms with Crippen LogP contribution in [-0.2, 0) is 6.54 Å². The van der Waals surface area contributed by atoms with Crippen molar-refractivity contribution in [3.05, 3.63) is 29.6 Å². The molecule has 1 heterocycles. The molecule has 2 fully saturated rings. The zero-order chi connectivity index (χ0) is 13.2. The second kappa shape index (κ2) is 5.49. The summed E-state index contributed by atoms with van der Waals surface area (Å²) >= 11 is 0. The van der Waals surface area contributed by atoms with E-state index in [9.17, 15) is 9.50 Å². The number of likely N-dealkylation sites (tertiary alicyclic amines) is 1. The van der Waals surface area contributed by atoms with Crippen molar-refractivity contribution in [2.24, 2.45) is 5.92 Å². The molecule has 2 nitrogen and oxygen atoms in total. The van der Waals surface area contributed by atoms with E-state index in [1.165, 1.54) is 44.6 Å². The summed E-state index contributed by atoms with van der Waals surface area (Å²) in [6.45, 7) is 1.88. The molecule has 0 radical (unpaired) electrons.